The van der Waals surface area contributed by atoms with Gasteiger partial charge >= 0.3 is 0 Å². The van der Waals surface area contributed by atoms with E-state index < -0.39 is 0 Å². The lowest BCUT2D eigenvalue weighted by molar-refractivity contribution is 0.486. The first-order valence-electron chi connectivity index (χ1n) is 34.2. The highest BCUT2D eigenvalue weighted by atomic mass is 16.5. The van der Waals surface area contributed by atoms with Crippen molar-refractivity contribution in [2.75, 3.05) is 14.7 Å². The van der Waals surface area contributed by atoms with Crippen molar-refractivity contribution in [3.63, 3.8) is 0 Å². The summed E-state index contributed by atoms with van der Waals surface area (Å²) in [5.74, 6) is 1.74. The molecule has 13 rings (SSSR count). The van der Waals surface area contributed by atoms with Crippen molar-refractivity contribution in [2.24, 2.45) is 0 Å². The number of aromatic nitrogens is 1. The average Bonchev–Trinajstić information content (AvgIpc) is 1.39. The quantitative estimate of drug-likeness (QED) is 0.142. The summed E-state index contributed by atoms with van der Waals surface area (Å²) in [5.41, 5.74) is 25.2. The zero-order valence-corrected chi connectivity index (χ0v) is 59.9. The van der Waals surface area contributed by atoms with Gasteiger partial charge in [-0.15, -0.1) is 0 Å². The molecule has 11 aromatic rings. The van der Waals surface area contributed by atoms with Gasteiger partial charge in [-0.05, 0) is 184 Å². The number of hydrogen-bond donors (Lipinski definition) is 0. The zero-order chi connectivity index (χ0) is 67.1. The Hall–Kier alpha value is -8.74. The molecule has 10 aromatic carbocycles. The van der Waals surface area contributed by atoms with Crippen molar-refractivity contribution < 1.29 is 4.74 Å². The third kappa shape index (κ3) is 11.5. The fourth-order valence-corrected chi connectivity index (χ4v) is 14.2. The highest BCUT2D eigenvalue weighted by Gasteiger charge is 2.44. The van der Waals surface area contributed by atoms with E-state index in [4.69, 9.17) is 4.74 Å². The molecule has 0 aliphatic carbocycles. The third-order valence-electron chi connectivity index (χ3n) is 20.0. The lowest BCUT2D eigenvalue weighted by Crippen LogP contribution is -2.60. The van der Waals surface area contributed by atoms with Crippen LogP contribution >= 0.6 is 0 Å². The summed E-state index contributed by atoms with van der Waals surface area (Å²) in [6.07, 6.45) is 0. The lowest BCUT2D eigenvalue weighted by atomic mass is 9.33. The first-order valence-corrected chi connectivity index (χ1v) is 34.2. The number of nitrogens with zero attached hydrogens (tertiary/aromatic N) is 4. The number of hydrogen-bond acceptors (Lipinski definition) is 4. The second-order valence-electron chi connectivity index (χ2n) is 34.1. The fraction of sp³-hybridized carbons (Fsp3) is 0.318. The number of anilines is 9. The van der Waals surface area contributed by atoms with Gasteiger partial charge in [-0.1, -0.05) is 255 Å². The van der Waals surface area contributed by atoms with Crippen LogP contribution in [-0.2, 0) is 37.9 Å². The van der Waals surface area contributed by atoms with Gasteiger partial charge in [0, 0.05) is 56.7 Å². The third-order valence-corrected chi connectivity index (χ3v) is 20.0. The van der Waals surface area contributed by atoms with Crippen molar-refractivity contribution in [3.05, 3.63) is 245 Å². The van der Waals surface area contributed by atoms with Gasteiger partial charge in [0.15, 0.2) is 0 Å². The van der Waals surface area contributed by atoms with Crippen LogP contribution in [0.25, 0.3) is 27.5 Å². The summed E-state index contributed by atoms with van der Waals surface area (Å²) in [4.78, 5) is 7.54. The molecule has 478 valence electrons. The van der Waals surface area contributed by atoms with Gasteiger partial charge in [0.2, 0.25) is 0 Å². The molecule has 0 bridgehead atoms. The van der Waals surface area contributed by atoms with E-state index in [0.29, 0.717) is 0 Å². The molecule has 0 amide bonds. The minimum Gasteiger partial charge on any atom is -0.458 e. The molecule has 3 heterocycles. The molecule has 1 aromatic heterocycles. The number of para-hydroxylation sites is 2. The predicted octanol–water partition coefficient (Wildman–Crippen LogP) is 23.2. The van der Waals surface area contributed by atoms with E-state index in [0.717, 1.165) is 84.5 Å². The lowest BCUT2D eigenvalue weighted by Gasteiger charge is -2.41. The number of fused-ring (bicyclic) bond motifs is 7. The van der Waals surface area contributed by atoms with E-state index in [1.54, 1.807) is 0 Å². The highest BCUT2D eigenvalue weighted by Crippen LogP contribution is 2.51. The Bertz CT molecular complexity index is 4400. The van der Waals surface area contributed by atoms with E-state index >= 15 is 0 Å². The fourth-order valence-electron chi connectivity index (χ4n) is 14.2. The molecule has 5 nitrogen and oxygen atoms in total. The van der Waals surface area contributed by atoms with Crippen LogP contribution in [0.2, 0.25) is 0 Å². The summed E-state index contributed by atoms with van der Waals surface area (Å²) in [5, 5.41) is 2.28. The molecule has 0 radical (unpaired) electrons. The van der Waals surface area contributed by atoms with Crippen molar-refractivity contribution in [1.82, 2.24) is 4.57 Å². The Morgan fingerprint density at radius 2 is 0.638 bits per heavy atom. The minimum absolute atomic E-state index is 0.0341. The molecule has 0 atom stereocenters. The molecule has 94 heavy (non-hydrogen) atoms. The molecule has 2 aliphatic rings. The van der Waals surface area contributed by atoms with Crippen LogP contribution in [0, 0.1) is 0 Å². The topological polar surface area (TPSA) is 23.9 Å². The summed E-state index contributed by atoms with van der Waals surface area (Å²) in [6, 6.07) is 79.5. The molecule has 6 heteroatoms. The molecule has 0 fully saturated rings. The van der Waals surface area contributed by atoms with E-state index in [-0.39, 0.29) is 44.6 Å². The second kappa shape index (κ2) is 22.5. The monoisotopic (exact) mass is 1240 g/mol. The van der Waals surface area contributed by atoms with Crippen LogP contribution in [0.3, 0.4) is 0 Å². The first-order chi connectivity index (χ1) is 44.0. The first kappa shape index (κ1) is 64.0. The Morgan fingerprint density at radius 3 is 1.01 bits per heavy atom. The van der Waals surface area contributed by atoms with Crippen LogP contribution in [0.15, 0.2) is 206 Å². The standard InChI is InChI=1S/C88H97BN4O/c1-82(2,3)56-28-40-63(41-29-56)90(64-42-30-57(31-43-64)83(4,5)6)74-26-22-24-69-70-25-23-27-75(91(65-44-32-58(33-45-65)84(7,8)9)66-46-34-59(35-47-66)85(10,11)12)81(70)93(80(69)74)68-54-76-79-78(55-68)94-77-51-39-62(88(19,20)21)53-72(77)89(79)71-52-61(87(16,17)18)38-50-73(71)92(76)67-48-36-60(37-49-67)86(13,14)15/h22-55H,1-21H3. The van der Waals surface area contributed by atoms with Crippen LogP contribution in [0.5, 0.6) is 11.5 Å². The van der Waals surface area contributed by atoms with Crippen LogP contribution in [0.1, 0.15) is 184 Å². The largest absolute Gasteiger partial charge is 0.458 e. The SMILES string of the molecule is CC(C)(C)c1ccc(N2c3ccc(C(C)(C)C)cc3B3c4cc(C(C)(C)C)ccc4Oc4cc(-n5c6c(N(c7ccc(C(C)(C)C)cc7)c7ccc(C(C)(C)C)cc7)cccc6c6cccc(N(c7ccc(C(C)(C)C)cc7)c7ccc(C(C)(C)C)cc7)c65)cc2c43)cc1. The Labute approximate surface area is 562 Å². The molecule has 0 unspecified atom stereocenters. The Morgan fingerprint density at radius 1 is 0.298 bits per heavy atom. The molecular weight excluding hydrogens is 1140 g/mol. The van der Waals surface area contributed by atoms with Gasteiger partial charge in [0.05, 0.1) is 28.1 Å². The average molecular weight is 1240 g/mol. The van der Waals surface area contributed by atoms with Crippen LogP contribution in [0.4, 0.5) is 51.2 Å². The molecule has 2 aliphatic heterocycles. The number of benzene rings is 10. The second-order valence-corrected chi connectivity index (χ2v) is 34.1. The summed E-state index contributed by atoms with van der Waals surface area (Å²) < 4.78 is 10.2. The molecule has 0 saturated heterocycles. The van der Waals surface area contributed by atoms with Crippen molar-refractivity contribution in [3.8, 4) is 17.2 Å². The molecule has 0 N–H and O–H groups in total. The number of ether oxygens (including phenoxy) is 1. The molecule has 0 spiro atoms. The van der Waals surface area contributed by atoms with Gasteiger partial charge in [0.1, 0.15) is 11.5 Å². The van der Waals surface area contributed by atoms with Crippen molar-refractivity contribution in [1.29, 1.82) is 0 Å². The van der Waals surface area contributed by atoms with Crippen molar-refractivity contribution in [2.45, 2.75) is 183 Å². The normalized spacial score (nSPS) is 13.6. The summed E-state index contributed by atoms with van der Waals surface area (Å²) in [7, 11) is 0. The highest BCUT2D eigenvalue weighted by molar-refractivity contribution is 6.99. The summed E-state index contributed by atoms with van der Waals surface area (Å²) >= 11 is 0. The van der Waals surface area contributed by atoms with Gasteiger partial charge in [-0.3, -0.25) is 0 Å². The van der Waals surface area contributed by atoms with Gasteiger partial charge in [-0.2, -0.15) is 0 Å². The van der Waals surface area contributed by atoms with Gasteiger partial charge < -0.3 is 24.0 Å². The minimum atomic E-state index is -0.123. The maximum atomic E-state index is 7.64. The predicted molar refractivity (Wildman–Crippen MR) is 407 cm³/mol. The molecular formula is C88H97BN4O. The Kier molecular flexibility index (Phi) is 15.3. The van der Waals surface area contributed by atoms with E-state index in [1.807, 2.05) is 0 Å². The smallest absolute Gasteiger partial charge is 0.256 e. The van der Waals surface area contributed by atoms with Crippen molar-refractivity contribution >= 4 is 96.1 Å². The summed E-state index contributed by atoms with van der Waals surface area (Å²) in [6.45, 7) is 48.3. The maximum Gasteiger partial charge on any atom is 0.256 e. The maximum absolute atomic E-state index is 7.64. The van der Waals surface area contributed by atoms with Crippen LogP contribution < -0.4 is 35.8 Å². The number of rotatable bonds is 8. The molecule has 0 saturated carbocycles. The Balaban J connectivity index is 1.19. The van der Waals surface area contributed by atoms with E-state index in [2.05, 4.69) is 371 Å². The van der Waals surface area contributed by atoms with Crippen LogP contribution in [-0.4, -0.2) is 11.3 Å². The zero-order valence-electron chi connectivity index (χ0n) is 59.9. The van der Waals surface area contributed by atoms with E-state index in [9.17, 15) is 0 Å². The van der Waals surface area contributed by atoms with E-state index in [1.165, 1.54) is 61.0 Å². The van der Waals surface area contributed by atoms with Gasteiger partial charge in [0.25, 0.3) is 6.71 Å². The van der Waals surface area contributed by atoms with Gasteiger partial charge in [-0.25, -0.2) is 0 Å².